The lowest BCUT2D eigenvalue weighted by Gasteiger charge is -2.18. The first-order chi connectivity index (χ1) is 9.08. The number of nitrogens with zero attached hydrogens (tertiary/aromatic N) is 2. The van der Waals surface area contributed by atoms with Crippen LogP contribution in [0, 0.1) is 0 Å². The van der Waals surface area contributed by atoms with Crippen LogP contribution in [-0.2, 0) is 6.42 Å². The van der Waals surface area contributed by atoms with Crippen molar-refractivity contribution in [1.29, 1.82) is 0 Å². The van der Waals surface area contributed by atoms with Crippen molar-refractivity contribution in [3.63, 3.8) is 0 Å². The molecule has 2 aromatic rings. The zero-order chi connectivity index (χ0) is 13.8. The third-order valence-corrected chi connectivity index (χ3v) is 3.04. The first-order valence-corrected chi connectivity index (χ1v) is 6.94. The van der Waals surface area contributed by atoms with E-state index in [4.69, 9.17) is 0 Å². The molecule has 0 aliphatic rings. The highest BCUT2D eigenvalue weighted by molar-refractivity contribution is 5.33. The molecule has 1 aromatic heterocycles. The molecule has 102 valence electrons. The van der Waals surface area contributed by atoms with Crippen molar-refractivity contribution in [2.75, 3.05) is 5.32 Å². The summed E-state index contributed by atoms with van der Waals surface area (Å²) >= 11 is 0. The zero-order valence-corrected chi connectivity index (χ0v) is 12.2. The normalized spacial score (nSPS) is 11.3. The summed E-state index contributed by atoms with van der Waals surface area (Å²) in [5.41, 5.74) is 2.57. The van der Waals surface area contributed by atoms with Gasteiger partial charge in [-0.15, -0.1) is 0 Å². The van der Waals surface area contributed by atoms with Crippen LogP contribution in [0.5, 0.6) is 0 Å². The van der Waals surface area contributed by atoms with Gasteiger partial charge >= 0.3 is 0 Å². The summed E-state index contributed by atoms with van der Waals surface area (Å²) < 4.78 is 2.28. The predicted molar refractivity (Wildman–Crippen MR) is 80.6 cm³/mol. The molecule has 1 aromatic carbocycles. The van der Waals surface area contributed by atoms with E-state index in [1.807, 2.05) is 6.20 Å². The van der Waals surface area contributed by atoms with Gasteiger partial charge in [-0.1, -0.05) is 30.3 Å². The Morgan fingerprint density at radius 3 is 2.37 bits per heavy atom. The Balaban J connectivity index is 2.28. The number of hydrogen-bond acceptors (Lipinski definition) is 2. The fourth-order valence-electron chi connectivity index (χ4n) is 2.27. The van der Waals surface area contributed by atoms with Crippen LogP contribution in [-0.4, -0.2) is 15.6 Å². The highest BCUT2D eigenvalue weighted by Gasteiger charge is 2.13. The van der Waals surface area contributed by atoms with Crippen LogP contribution < -0.4 is 5.32 Å². The van der Waals surface area contributed by atoms with Crippen molar-refractivity contribution < 1.29 is 0 Å². The summed E-state index contributed by atoms with van der Waals surface area (Å²) in [4.78, 5) is 4.53. The fourth-order valence-corrected chi connectivity index (χ4v) is 2.27. The first-order valence-electron chi connectivity index (χ1n) is 6.94. The van der Waals surface area contributed by atoms with E-state index in [0.717, 1.165) is 12.4 Å². The Morgan fingerprint density at radius 1 is 1.11 bits per heavy atom. The largest absolute Gasteiger partial charge is 0.353 e. The molecule has 0 bridgehead atoms. The van der Waals surface area contributed by atoms with E-state index in [1.165, 1.54) is 11.3 Å². The summed E-state index contributed by atoms with van der Waals surface area (Å²) in [6, 6.07) is 11.3. The highest BCUT2D eigenvalue weighted by Crippen LogP contribution is 2.20. The van der Waals surface area contributed by atoms with Crippen molar-refractivity contribution in [1.82, 2.24) is 9.55 Å². The Kier molecular flexibility index (Phi) is 4.25. The number of rotatable bonds is 5. The number of anilines is 1. The summed E-state index contributed by atoms with van der Waals surface area (Å²) in [6.07, 6.45) is 2.91. The van der Waals surface area contributed by atoms with E-state index in [-0.39, 0.29) is 0 Å². The lowest BCUT2D eigenvalue weighted by atomic mass is 10.1. The quantitative estimate of drug-likeness (QED) is 0.881. The molecule has 0 saturated heterocycles. The Labute approximate surface area is 115 Å². The lowest BCUT2D eigenvalue weighted by Crippen LogP contribution is -2.17. The Bertz CT molecular complexity index is 512. The van der Waals surface area contributed by atoms with Gasteiger partial charge in [-0.05, 0) is 33.3 Å². The zero-order valence-electron chi connectivity index (χ0n) is 12.2. The first kappa shape index (κ1) is 13.7. The van der Waals surface area contributed by atoms with Gasteiger partial charge in [0.15, 0.2) is 0 Å². The molecule has 3 heteroatoms. The minimum atomic E-state index is 0.393. The second kappa shape index (κ2) is 5.91. The van der Waals surface area contributed by atoms with Gasteiger partial charge in [-0.3, -0.25) is 0 Å². The minimum absolute atomic E-state index is 0.393. The van der Waals surface area contributed by atoms with Crippen molar-refractivity contribution in [2.45, 2.75) is 46.2 Å². The SMILES string of the molecule is CC(C)Nc1ncc(Cc2ccccc2)n1C(C)C. The van der Waals surface area contributed by atoms with Crippen LogP contribution in [0.4, 0.5) is 5.95 Å². The third-order valence-electron chi connectivity index (χ3n) is 3.04. The molecule has 0 amide bonds. The Morgan fingerprint density at radius 2 is 1.79 bits per heavy atom. The highest BCUT2D eigenvalue weighted by atomic mass is 15.2. The number of benzene rings is 1. The van der Waals surface area contributed by atoms with Crippen LogP contribution in [0.25, 0.3) is 0 Å². The van der Waals surface area contributed by atoms with Crippen LogP contribution in [0.15, 0.2) is 36.5 Å². The second-order valence-electron chi connectivity index (χ2n) is 5.50. The van der Waals surface area contributed by atoms with Gasteiger partial charge in [-0.25, -0.2) is 4.98 Å². The number of aromatic nitrogens is 2. The van der Waals surface area contributed by atoms with E-state index in [2.05, 4.69) is 72.9 Å². The van der Waals surface area contributed by atoms with E-state index >= 15 is 0 Å². The molecule has 0 atom stereocenters. The Hall–Kier alpha value is -1.77. The molecule has 0 fully saturated rings. The number of imidazole rings is 1. The monoisotopic (exact) mass is 257 g/mol. The summed E-state index contributed by atoms with van der Waals surface area (Å²) in [5, 5.41) is 3.41. The van der Waals surface area contributed by atoms with Gasteiger partial charge in [0.2, 0.25) is 5.95 Å². The standard InChI is InChI=1S/C16H23N3/c1-12(2)18-16-17-11-15(19(16)13(3)4)10-14-8-6-5-7-9-14/h5-9,11-13H,10H2,1-4H3,(H,17,18). The van der Waals surface area contributed by atoms with Crippen molar-refractivity contribution in [3.05, 3.63) is 47.8 Å². The predicted octanol–water partition coefficient (Wildman–Crippen LogP) is 3.88. The molecule has 2 rings (SSSR count). The molecule has 1 heterocycles. The maximum Gasteiger partial charge on any atom is 0.203 e. The fraction of sp³-hybridized carbons (Fsp3) is 0.438. The third kappa shape index (κ3) is 3.37. The molecule has 0 aliphatic carbocycles. The molecular formula is C16H23N3. The van der Waals surface area contributed by atoms with Crippen molar-refractivity contribution in [3.8, 4) is 0 Å². The molecule has 0 radical (unpaired) electrons. The molecule has 19 heavy (non-hydrogen) atoms. The average Bonchev–Trinajstić information content (AvgIpc) is 2.72. The van der Waals surface area contributed by atoms with Gasteiger partial charge in [-0.2, -0.15) is 0 Å². The van der Waals surface area contributed by atoms with Gasteiger partial charge < -0.3 is 9.88 Å². The van der Waals surface area contributed by atoms with Gasteiger partial charge in [0, 0.05) is 24.2 Å². The van der Waals surface area contributed by atoms with Crippen molar-refractivity contribution >= 4 is 5.95 Å². The summed E-state index contributed by atoms with van der Waals surface area (Å²) in [7, 11) is 0. The smallest absolute Gasteiger partial charge is 0.203 e. The molecule has 0 aliphatic heterocycles. The molecule has 0 saturated carbocycles. The summed E-state index contributed by atoms with van der Waals surface area (Å²) in [6.45, 7) is 8.66. The maximum absolute atomic E-state index is 4.53. The van der Waals surface area contributed by atoms with E-state index < -0.39 is 0 Å². The number of nitrogens with one attached hydrogen (secondary N) is 1. The van der Waals surface area contributed by atoms with Crippen LogP contribution in [0.2, 0.25) is 0 Å². The minimum Gasteiger partial charge on any atom is -0.353 e. The number of hydrogen-bond donors (Lipinski definition) is 1. The summed E-state index contributed by atoms with van der Waals surface area (Å²) in [5.74, 6) is 0.968. The molecule has 1 N–H and O–H groups in total. The van der Waals surface area contributed by atoms with Crippen molar-refractivity contribution in [2.24, 2.45) is 0 Å². The van der Waals surface area contributed by atoms with E-state index in [0.29, 0.717) is 12.1 Å². The van der Waals surface area contributed by atoms with Crippen LogP contribution in [0.3, 0.4) is 0 Å². The maximum atomic E-state index is 4.53. The molecule has 0 unspecified atom stereocenters. The van der Waals surface area contributed by atoms with Gasteiger partial charge in [0.1, 0.15) is 0 Å². The second-order valence-corrected chi connectivity index (χ2v) is 5.50. The van der Waals surface area contributed by atoms with Crippen LogP contribution in [0.1, 0.15) is 45.0 Å². The molecule has 3 nitrogen and oxygen atoms in total. The average molecular weight is 257 g/mol. The van der Waals surface area contributed by atoms with E-state index in [1.54, 1.807) is 0 Å². The van der Waals surface area contributed by atoms with E-state index in [9.17, 15) is 0 Å². The molecule has 0 spiro atoms. The van der Waals surface area contributed by atoms with Gasteiger partial charge in [0.05, 0.1) is 6.20 Å². The lowest BCUT2D eigenvalue weighted by molar-refractivity contribution is 0.581. The molecular weight excluding hydrogens is 234 g/mol. The van der Waals surface area contributed by atoms with Gasteiger partial charge in [0.25, 0.3) is 0 Å². The topological polar surface area (TPSA) is 29.9 Å². The van der Waals surface area contributed by atoms with Crippen LogP contribution >= 0.6 is 0 Å².